The summed E-state index contributed by atoms with van der Waals surface area (Å²) >= 11 is 0. The van der Waals surface area contributed by atoms with Gasteiger partial charge in [0, 0.05) is 36.3 Å². The van der Waals surface area contributed by atoms with Crippen molar-refractivity contribution < 1.29 is 36.7 Å². The molecule has 0 saturated carbocycles. The van der Waals surface area contributed by atoms with Gasteiger partial charge in [-0.25, -0.2) is 12.8 Å². The van der Waals surface area contributed by atoms with Crippen LogP contribution < -0.4 is 18.9 Å². The summed E-state index contributed by atoms with van der Waals surface area (Å²) in [6, 6.07) is 12.0. The van der Waals surface area contributed by atoms with Crippen molar-refractivity contribution in [3.8, 4) is 23.0 Å². The number of benzene rings is 3. The lowest BCUT2D eigenvalue weighted by Gasteiger charge is -2.24. The van der Waals surface area contributed by atoms with Gasteiger partial charge >= 0.3 is 0 Å². The SMILES string of the molecule is COc1ccc(CN(Cc2ccc(OC)cc2OC)S(=O)(=O)c2ccc(F)cc2[N+](=O)[O-])c(OC)c1. The van der Waals surface area contributed by atoms with E-state index in [1.54, 1.807) is 36.4 Å². The smallest absolute Gasteiger partial charge is 0.292 e. The van der Waals surface area contributed by atoms with Crippen molar-refractivity contribution in [1.82, 2.24) is 4.31 Å². The summed E-state index contributed by atoms with van der Waals surface area (Å²) in [6.07, 6.45) is 0. The van der Waals surface area contributed by atoms with E-state index in [0.717, 1.165) is 16.4 Å². The molecule has 0 heterocycles. The van der Waals surface area contributed by atoms with Gasteiger partial charge in [0.25, 0.3) is 15.7 Å². The van der Waals surface area contributed by atoms with Gasteiger partial charge in [0.2, 0.25) is 0 Å². The number of nitro groups is 1. The molecule has 12 heteroatoms. The van der Waals surface area contributed by atoms with Gasteiger partial charge < -0.3 is 18.9 Å². The molecule has 10 nitrogen and oxygen atoms in total. The monoisotopic (exact) mass is 520 g/mol. The number of methoxy groups -OCH3 is 4. The molecular weight excluding hydrogens is 495 g/mol. The fourth-order valence-corrected chi connectivity index (χ4v) is 5.10. The molecule has 0 saturated heterocycles. The summed E-state index contributed by atoms with van der Waals surface area (Å²) < 4.78 is 63.6. The number of sulfonamides is 1. The van der Waals surface area contributed by atoms with Crippen LogP contribution in [-0.4, -0.2) is 46.1 Å². The predicted molar refractivity (Wildman–Crippen MR) is 129 cm³/mol. The van der Waals surface area contributed by atoms with Crippen LogP contribution in [0, 0.1) is 15.9 Å². The second-order valence-corrected chi connectivity index (χ2v) is 9.40. The van der Waals surface area contributed by atoms with Gasteiger partial charge in [-0.1, -0.05) is 12.1 Å². The fraction of sp³-hybridized carbons (Fsp3) is 0.250. The largest absolute Gasteiger partial charge is 0.497 e. The summed E-state index contributed by atoms with van der Waals surface area (Å²) in [7, 11) is 1.29. The molecule has 3 rings (SSSR count). The number of hydrogen-bond donors (Lipinski definition) is 0. The first kappa shape index (κ1) is 26.7. The lowest BCUT2D eigenvalue weighted by Crippen LogP contribution is -2.31. The van der Waals surface area contributed by atoms with E-state index in [-0.39, 0.29) is 13.1 Å². The quantitative estimate of drug-likeness (QED) is 0.273. The molecule has 36 heavy (non-hydrogen) atoms. The molecular formula is C24H25FN2O8S. The highest BCUT2D eigenvalue weighted by Gasteiger charge is 2.33. The van der Waals surface area contributed by atoms with E-state index in [2.05, 4.69) is 0 Å². The van der Waals surface area contributed by atoms with E-state index in [0.29, 0.717) is 40.2 Å². The van der Waals surface area contributed by atoms with Crippen molar-refractivity contribution in [2.45, 2.75) is 18.0 Å². The minimum atomic E-state index is -4.52. The summed E-state index contributed by atoms with van der Waals surface area (Å²) in [6.45, 7) is -0.446. The molecule has 3 aromatic carbocycles. The Balaban J connectivity index is 2.16. The molecule has 0 unspecified atom stereocenters. The van der Waals surface area contributed by atoms with Crippen molar-refractivity contribution in [2.24, 2.45) is 0 Å². The van der Waals surface area contributed by atoms with Crippen LogP contribution in [0.5, 0.6) is 23.0 Å². The van der Waals surface area contributed by atoms with Crippen molar-refractivity contribution in [3.05, 3.63) is 81.7 Å². The lowest BCUT2D eigenvalue weighted by molar-refractivity contribution is -0.388. The van der Waals surface area contributed by atoms with Crippen LogP contribution in [0.1, 0.15) is 11.1 Å². The van der Waals surface area contributed by atoms with Crippen molar-refractivity contribution in [1.29, 1.82) is 0 Å². The van der Waals surface area contributed by atoms with E-state index in [4.69, 9.17) is 18.9 Å². The minimum Gasteiger partial charge on any atom is -0.497 e. The van der Waals surface area contributed by atoms with E-state index in [9.17, 15) is 22.9 Å². The summed E-state index contributed by atoms with van der Waals surface area (Å²) in [5, 5.41) is 11.6. The second kappa shape index (κ2) is 11.2. The van der Waals surface area contributed by atoms with Crippen LogP contribution in [0.15, 0.2) is 59.5 Å². The highest BCUT2D eigenvalue weighted by Crippen LogP contribution is 2.34. The van der Waals surface area contributed by atoms with Crippen molar-refractivity contribution in [3.63, 3.8) is 0 Å². The van der Waals surface area contributed by atoms with Gasteiger partial charge in [-0.05, 0) is 24.3 Å². The van der Waals surface area contributed by atoms with Gasteiger partial charge in [-0.15, -0.1) is 0 Å². The molecule has 3 aromatic rings. The maximum atomic E-state index is 13.8. The number of rotatable bonds is 11. The fourth-order valence-electron chi connectivity index (χ4n) is 3.56. The summed E-state index contributed by atoms with van der Waals surface area (Å²) in [4.78, 5) is 10.0. The van der Waals surface area contributed by atoms with Crippen LogP contribution in [0.3, 0.4) is 0 Å². The number of nitro benzene ring substituents is 1. The highest BCUT2D eigenvalue weighted by molar-refractivity contribution is 7.89. The van der Waals surface area contributed by atoms with Gasteiger partial charge in [-0.2, -0.15) is 4.31 Å². The molecule has 192 valence electrons. The first-order chi connectivity index (χ1) is 17.1. The molecule has 0 aliphatic heterocycles. The standard InChI is InChI=1S/C24H25FN2O8S/c1-32-19-8-5-16(22(12-19)34-3)14-26(15-17-6-9-20(33-2)13-23(17)35-4)36(30,31)24-10-7-18(25)11-21(24)27(28)29/h5-13H,14-15H2,1-4H3. The third kappa shape index (κ3) is 5.66. The van der Waals surface area contributed by atoms with Crippen LogP contribution in [0.25, 0.3) is 0 Å². The average molecular weight is 521 g/mol. The summed E-state index contributed by atoms with van der Waals surface area (Å²) in [5.74, 6) is 0.766. The molecule has 0 N–H and O–H groups in total. The Bertz CT molecular complexity index is 1310. The Labute approximate surface area is 208 Å². The number of nitrogens with zero attached hydrogens (tertiary/aromatic N) is 2. The number of halogens is 1. The molecule has 0 amide bonds. The lowest BCUT2D eigenvalue weighted by atomic mass is 10.1. The predicted octanol–water partition coefficient (Wildman–Crippen LogP) is 4.16. The topological polar surface area (TPSA) is 117 Å². The van der Waals surface area contributed by atoms with Crippen LogP contribution >= 0.6 is 0 Å². The molecule has 0 fully saturated rings. The van der Waals surface area contributed by atoms with Gasteiger partial charge in [-0.3, -0.25) is 10.1 Å². The third-order valence-corrected chi connectivity index (χ3v) is 7.26. The van der Waals surface area contributed by atoms with Crippen LogP contribution in [0.2, 0.25) is 0 Å². The zero-order valence-corrected chi connectivity index (χ0v) is 20.9. The maximum absolute atomic E-state index is 13.8. The molecule has 0 atom stereocenters. The Morgan fingerprint density at radius 1 is 0.806 bits per heavy atom. The van der Waals surface area contributed by atoms with Crippen molar-refractivity contribution >= 4 is 15.7 Å². The van der Waals surface area contributed by atoms with Gasteiger partial charge in [0.05, 0.1) is 39.4 Å². The molecule has 0 spiro atoms. The zero-order chi connectivity index (χ0) is 26.5. The Morgan fingerprint density at radius 2 is 1.31 bits per heavy atom. The van der Waals surface area contributed by atoms with E-state index >= 15 is 0 Å². The second-order valence-electron chi connectivity index (χ2n) is 7.50. The van der Waals surface area contributed by atoms with E-state index in [1.807, 2.05) is 0 Å². The normalized spacial score (nSPS) is 11.3. The summed E-state index contributed by atoms with van der Waals surface area (Å²) in [5.41, 5.74) is 0.0710. The Hall–Kier alpha value is -3.90. The first-order valence-electron chi connectivity index (χ1n) is 10.5. The van der Waals surface area contributed by atoms with E-state index in [1.165, 1.54) is 28.4 Å². The first-order valence-corrected chi connectivity index (χ1v) is 11.9. The molecule has 0 radical (unpaired) electrons. The Morgan fingerprint density at radius 3 is 1.72 bits per heavy atom. The molecule has 0 bridgehead atoms. The average Bonchev–Trinajstić information content (AvgIpc) is 2.88. The minimum absolute atomic E-state index is 0.223. The van der Waals surface area contributed by atoms with Crippen molar-refractivity contribution in [2.75, 3.05) is 28.4 Å². The third-order valence-electron chi connectivity index (χ3n) is 5.42. The zero-order valence-electron chi connectivity index (χ0n) is 20.1. The maximum Gasteiger partial charge on any atom is 0.292 e. The highest BCUT2D eigenvalue weighted by atomic mass is 32.2. The number of ether oxygens (including phenoxy) is 4. The molecule has 0 aliphatic carbocycles. The van der Waals surface area contributed by atoms with Crippen LogP contribution in [-0.2, 0) is 23.1 Å². The molecule has 0 aliphatic rings. The van der Waals surface area contributed by atoms with Crippen LogP contribution in [0.4, 0.5) is 10.1 Å². The molecule has 0 aromatic heterocycles. The van der Waals surface area contributed by atoms with Gasteiger partial charge in [0.15, 0.2) is 4.90 Å². The van der Waals surface area contributed by atoms with E-state index < -0.39 is 31.3 Å². The van der Waals surface area contributed by atoms with Gasteiger partial charge in [0.1, 0.15) is 28.8 Å². The Kier molecular flexibility index (Phi) is 8.33. The number of hydrogen-bond acceptors (Lipinski definition) is 8.